The third-order valence-electron chi connectivity index (χ3n) is 4.00. The molecular formula is C20H13F2N3O3. The summed E-state index contributed by atoms with van der Waals surface area (Å²) in [4.78, 5) is 16.7. The highest BCUT2D eigenvalue weighted by molar-refractivity contribution is 6.04. The number of nitrogens with zero attached hydrogens (tertiary/aromatic N) is 2. The molecule has 0 saturated carbocycles. The molecule has 4 rings (SSSR count). The van der Waals surface area contributed by atoms with E-state index < -0.39 is 17.5 Å². The predicted molar refractivity (Wildman–Crippen MR) is 95.6 cm³/mol. The van der Waals surface area contributed by atoms with Crippen LogP contribution in [0, 0.1) is 11.6 Å². The zero-order chi connectivity index (χ0) is 19.5. The van der Waals surface area contributed by atoms with E-state index in [9.17, 15) is 13.6 Å². The van der Waals surface area contributed by atoms with Gasteiger partial charge in [-0.3, -0.25) is 4.79 Å². The molecule has 140 valence electrons. The summed E-state index contributed by atoms with van der Waals surface area (Å²) in [7, 11) is 0. The molecule has 0 aliphatic carbocycles. The van der Waals surface area contributed by atoms with Gasteiger partial charge in [0.15, 0.2) is 17.4 Å². The first kappa shape index (κ1) is 17.6. The molecule has 0 bridgehead atoms. The molecule has 2 aromatic carbocycles. The number of halogens is 2. The van der Waals surface area contributed by atoms with Crippen LogP contribution in [0.5, 0.6) is 0 Å². The molecule has 0 saturated heterocycles. The SMILES string of the molecule is O=C(Nc1ccccc1Cc1nc(-c2ccco2)no1)c1ccc(F)c(F)c1. The van der Waals surface area contributed by atoms with Crippen molar-refractivity contribution in [2.24, 2.45) is 0 Å². The normalized spacial score (nSPS) is 10.8. The highest BCUT2D eigenvalue weighted by Crippen LogP contribution is 2.22. The van der Waals surface area contributed by atoms with Crippen LogP contribution in [0.25, 0.3) is 11.6 Å². The van der Waals surface area contributed by atoms with Crippen LogP contribution >= 0.6 is 0 Å². The van der Waals surface area contributed by atoms with E-state index in [1.165, 1.54) is 12.3 Å². The minimum absolute atomic E-state index is 0.00611. The smallest absolute Gasteiger partial charge is 0.255 e. The maximum Gasteiger partial charge on any atom is 0.255 e. The average Bonchev–Trinajstić information content (AvgIpc) is 3.37. The molecule has 0 unspecified atom stereocenters. The van der Waals surface area contributed by atoms with Crippen molar-refractivity contribution in [2.75, 3.05) is 5.32 Å². The van der Waals surface area contributed by atoms with E-state index in [1.807, 2.05) is 0 Å². The Morgan fingerprint density at radius 3 is 2.68 bits per heavy atom. The lowest BCUT2D eigenvalue weighted by Gasteiger charge is -2.10. The lowest BCUT2D eigenvalue weighted by atomic mass is 10.1. The van der Waals surface area contributed by atoms with Gasteiger partial charge in [-0.25, -0.2) is 8.78 Å². The molecule has 0 fully saturated rings. The van der Waals surface area contributed by atoms with Crippen molar-refractivity contribution >= 4 is 11.6 Å². The van der Waals surface area contributed by atoms with E-state index in [0.717, 1.165) is 12.1 Å². The van der Waals surface area contributed by atoms with E-state index in [0.29, 0.717) is 28.7 Å². The number of furan rings is 1. The van der Waals surface area contributed by atoms with E-state index in [2.05, 4.69) is 15.5 Å². The number of para-hydroxylation sites is 1. The molecular weight excluding hydrogens is 368 g/mol. The van der Waals surface area contributed by atoms with Crippen LogP contribution in [0.1, 0.15) is 21.8 Å². The summed E-state index contributed by atoms with van der Waals surface area (Å²) in [5, 5.41) is 6.56. The molecule has 8 heteroatoms. The van der Waals surface area contributed by atoms with E-state index in [1.54, 1.807) is 36.4 Å². The summed E-state index contributed by atoms with van der Waals surface area (Å²) in [6.45, 7) is 0. The summed E-state index contributed by atoms with van der Waals surface area (Å²) in [5.41, 5.74) is 1.22. The monoisotopic (exact) mass is 381 g/mol. The Balaban J connectivity index is 1.54. The van der Waals surface area contributed by atoms with Crippen molar-refractivity contribution < 1.29 is 22.5 Å². The minimum Gasteiger partial charge on any atom is -0.461 e. The van der Waals surface area contributed by atoms with Crippen molar-refractivity contribution in [3.8, 4) is 11.6 Å². The van der Waals surface area contributed by atoms with Gasteiger partial charge in [-0.15, -0.1) is 0 Å². The first-order valence-electron chi connectivity index (χ1n) is 8.31. The second-order valence-corrected chi connectivity index (χ2v) is 5.91. The molecule has 0 aliphatic heterocycles. The number of amides is 1. The Morgan fingerprint density at radius 2 is 1.89 bits per heavy atom. The van der Waals surface area contributed by atoms with Gasteiger partial charge in [0.1, 0.15) is 0 Å². The lowest BCUT2D eigenvalue weighted by Crippen LogP contribution is -2.14. The summed E-state index contributed by atoms with van der Waals surface area (Å²) < 4.78 is 36.9. The number of hydrogen-bond acceptors (Lipinski definition) is 5. The first-order chi connectivity index (χ1) is 13.6. The van der Waals surface area contributed by atoms with E-state index >= 15 is 0 Å². The minimum atomic E-state index is -1.09. The summed E-state index contributed by atoms with van der Waals surface area (Å²) >= 11 is 0. The zero-order valence-corrected chi connectivity index (χ0v) is 14.4. The Bertz CT molecular complexity index is 1120. The number of nitrogens with one attached hydrogen (secondary N) is 1. The van der Waals surface area contributed by atoms with E-state index in [4.69, 9.17) is 8.94 Å². The highest BCUT2D eigenvalue weighted by Gasteiger charge is 2.15. The second-order valence-electron chi connectivity index (χ2n) is 5.91. The number of aromatic nitrogens is 2. The van der Waals surface area contributed by atoms with Gasteiger partial charge in [0.25, 0.3) is 5.91 Å². The van der Waals surface area contributed by atoms with Crippen LogP contribution < -0.4 is 5.32 Å². The maximum atomic E-state index is 13.4. The lowest BCUT2D eigenvalue weighted by molar-refractivity contribution is 0.102. The Labute approximate surface area is 157 Å². The van der Waals surface area contributed by atoms with Gasteiger partial charge in [0.2, 0.25) is 11.7 Å². The van der Waals surface area contributed by atoms with Crippen molar-refractivity contribution in [3.63, 3.8) is 0 Å². The van der Waals surface area contributed by atoms with Gasteiger partial charge in [0.05, 0.1) is 12.7 Å². The Morgan fingerprint density at radius 1 is 1.04 bits per heavy atom. The molecule has 0 aliphatic rings. The molecule has 0 atom stereocenters. The first-order valence-corrected chi connectivity index (χ1v) is 8.31. The second kappa shape index (κ2) is 7.43. The van der Waals surface area contributed by atoms with Gasteiger partial charge in [-0.2, -0.15) is 4.98 Å². The molecule has 28 heavy (non-hydrogen) atoms. The van der Waals surface area contributed by atoms with Gasteiger partial charge in [-0.05, 0) is 42.0 Å². The molecule has 2 heterocycles. The van der Waals surface area contributed by atoms with Gasteiger partial charge < -0.3 is 14.3 Å². The van der Waals surface area contributed by atoms with Gasteiger partial charge >= 0.3 is 0 Å². The fraction of sp³-hybridized carbons (Fsp3) is 0.0500. The number of benzene rings is 2. The average molecular weight is 381 g/mol. The Hall–Kier alpha value is -3.81. The molecule has 1 N–H and O–H groups in total. The largest absolute Gasteiger partial charge is 0.461 e. The van der Waals surface area contributed by atoms with Crippen LogP contribution in [0.15, 0.2) is 69.8 Å². The van der Waals surface area contributed by atoms with Crippen LogP contribution in [0.2, 0.25) is 0 Å². The van der Waals surface area contributed by atoms with Crippen LogP contribution in [0.4, 0.5) is 14.5 Å². The number of carbonyl (C=O) groups excluding carboxylic acids is 1. The third kappa shape index (κ3) is 3.66. The summed E-state index contributed by atoms with van der Waals surface area (Å²) in [6, 6.07) is 13.4. The standard InChI is InChI=1S/C20H13F2N3O3/c21-14-8-7-13(10-15(14)22)20(26)23-16-5-2-1-4-12(16)11-18-24-19(25-28-18)17-6-3-9-27-17/h1-10H,11H2,(H,23,26). The van der Waals surface area contributed by atoms with Crippen molar-refractivity contribution in [1.29, 1.82) is 0 Å². The highest BCUT2D eigenvalue weighted by atomic mass is 19.2. The van der Waals surface area contributed by atoms with Crippen LogP contribution in [-0.2, 0) is 6.42 Å². The van der Waals surface area contributed by atoms with Crippen LogP contribution in [-0.4, -0.2) is 16.0 Å². The molecule has 0 spiro atoms. The topological polar surface area (TPSA) is 81.2 Å². The third-order valence-corrected chi connectivity index (χ3v) is 4.00. The molecule has 4 aromatic rings. The zero-order valence-electron chi connectivity index (χ0n) is 14.4. The number of carbonyl (C=O) groups is 1. The summed E-state index contributed by atoms with van der Waals surface area (Å²) in [6.07, 6.45) is 1.77. The molecule has 0 radical (unpaired) electrons. The van der Waals surface area contributed by atoms with Crippen molar-refractivity contribution in [1.82, 2.24) is 10.1 Å². The van der Waals surface area contributed by atoms with Gasteiger partial charge in [0, 0.05) is 11.3 Å². The predicted octanol–water partition coefficient (Wildman–Crippen LogP) is 4.45. The number of anilines is 1. The van der Waals surface area contributed by atoms with E-state index in [-0.39, 0.29) is 12.0 Å². The molecule has 1 amide bonds. The molecule has 2 aromatic heterocycles. The Kier molecular flexibility index (Phi) is 4.67. The maximum absolute atomic E-state index is 13.4. The number of rotatable bonds is 5. The quantitative estimate of drug-likeness (QED) is 0.552. The van der Waals surface area contributed by atoms with Gasteiger partial charge in [-0.1, -0.05) is 23.4 Å². The van der Waals surface area contributed by atoms with Crippen molar-refractivity contribution in [3.05, 3.63) is 89.5 Å². The molecule has 6 nitrogen and oxygen atoms in total. The number of hydrogen-bond donors (Lipinski definition) is 1. The fourth-order valence-electron chi connectivity index (χ4n) is 2.62. The van der Waals surface area contributed by atoms with Crippen molar-refractivity contribution in [2.45, 2.75) is 6.42 Å². The summed E-state index contributed by atoms with van der Waals surface area (Å²) in [5.74, 6) is -1.52. The van der Waals surface area contributed by atoms with Crippen LogP contribution in [0.3, 0.4) is 0 Å². The fourth-order valence-corrected chi connectivity index (χ4v) is 2.62.